The number of ether oxygens (including phenoxy) is 1. The number of benzene rings is 2. The fourth-order valence-corrected chi connectivity index (χ4v) is 2.97. The van der Waals surface area contributed by atoms with Crippen molar-refractivity contribution < 1.29 is 37.5 Å². The summed E-state index contributed by atoms with van der Waals surface area (Å²) in [4.78, 5) is 36.0. The van der Waals surface area contributed by atoms with Gasteiger partial charge in [-0.1, -0.05) is 31.0 Å². The molecule has 2 aromatic carbocycles. The van der Waals surface area contributed by atoms with Gasteiger partial charge in [0.1, 0.15) is 11.8 Å². The summed E-state index contributed by atoms with van der Waals surface area (Å²) in [6.07, 6.45) is -2.71. The number of hydrogen-bond acceptors (Lipinski definition) is 5. The number of para-hydroxylation sites is 1. The highest BCUT2D eigenvalue weighted by atomic mass is 19.4. The van der Waals surface area contributed by atoms with Crippen LogP contribution in [0.5, 0.6) is 5.75 Å². The fourth-order valence-electron chi connectivity index (χ4n) is 2.97. The van der Waals surface area contributed by atoms with Crippen molar-refractivity contribution in [1.29, 1.82) is 0 Å². The second-order valence-electron chi connectivity index (χ2n) is 7.21. The maximum atomic E-state index is 12.2. The van der Waals surface area contributed by atoms with Crippen LogP contribution in [-0.2, 0) is 9.59 Å². The summed E-state index contributed by atoms with van der Waals surface area (Å²) in [6, 6.07) is 11.6. The standard InChI is InChI=1S/C22H25F3N4O5/c23-22(24,25)34-17-13-11-16(12-14-17)27-21(32)28-18(20(31)29-33)9-5-2-6-10-19(30)26-15-7-3-1-4-8-15/h1,3-4,7-8,11-14,18,33H,2,5-6,9-10H2,(H,26,30)(H,29,31)(H2,27,28,32)/t18-/m0/s1. The van der Waals surface area contributed by atoms with Crippen molar-refractivity contribution in [2.24, 2.45) is 0 Å². The van der Waals surface area contributed by atoms with E-state index in [1.54, 1.807) is 12.1 Å². The molecular formula is C22H25F3N4O5. The van der Waals surface area contributed by atoms with Gasteiger partial charge in [0.15, 0.2) is 0 Å². The summed E-state index contributed by atoms with van der Waals surface area (Å²) in [5, 5.41) is 16.5. The number of nitrogens with one attached hydrogen (secondary N) is 4. The highest BCUT2D eigenvalue weighted by molar-refractivity contribution is 5.93. The summed E-state index contributed by atoms with van der Waals surface area (Å²) in [5.74, 6) is -1.42. The zero-order valence-corrected chi connectivity index (χ0v) is 18.0. The number of anilines is 2. The van der Waals surface area contributed by atoms with Crippen molar-refractivity contribution in [2.45, 2.75) is 44.5 Å². The Kier molecular flexibility index (Phi) is 10.1. The van der Waals surface area contributed by atoms with Crippen molar-refractivity contribution in [3.63, 3.8) is 0 Å². The molecule has 0 aliphatic heterocycles. The van der Waals surface area contributed by atoms with E-state index >= 15 is 0 Å². The molecule has 0 unspecified atom stereocenters. The molecule has 0 aliphatic carbocycles. The van der Waals surface area contributed by atoms with Crippen LogP contribution in [0.25, 0.3) is 0 Å². The first-order chi connectivity index (χ1) is 16.2. The second-order valence-corrected chi connectivity index (χ2v) is 7.21. The molecule has 2 aromatic rings. The molecule has 184 valence electrons. The zero-order valence-electron chi connectivity index (χ0n) is 18.0. The van der Waals surface area contributed by atoms with E-state index in [2.05, 4.69) is 20.7 Å². The highest BCUT2D eigenvalue weighted by Gasteiger charge is 2.31. The number of amides is 4. The topological polar surface area (TPSA) is 129 Å². The van der Waals surface area contributed by atoms with Crippen molar-refractivity contribution in [3.05, 3.63) is 54.6 Å². The summed E-state index contributed by atoms with van der Waals surface area (Å²) < 4.78 is 40.4. The molecule has 0 fully saturated rings. The molecule has 2 rings (SSSR count). The lowest BCUT2D eigenvalue weighted by molar-refractivity contribution is -0.274. The minimum atomic E-state index is -4.83. The van der Waals surface area contributed by atoms with Crippen molar-refractivity contribution in [1.82, 2.24) is 10.8 Å². The Labute approximate surface area is 193 Å². The third-order valence-electron chi connectivity index (χ3n) is 4.53. The maximum Gasteiger partial charge on any atom is 0.573 e. The first-order valence-corrected chi connectivity index (χ1v) is 10.4. The predicted molar refractivity (Wildman–Crippen MR) is 117 cm³/mol. The Bertz CT molecular complexity index is 940. The molecule has 12 heteroatoms. The third kappa shape index (κ3) is 10.2. The van der Waals surface area contributed by atoms with Gasteiger partial charge in [-0.3, -0.25) is 14.8 Å². The van der Waals surface area contributed by atoms with Gasteiger partial charge in [0.25, 0.3) is 5.91 Å². The first kappa shape index (κ1) is 26.5. The van der Waals surface area contributed by atoms with Crippen molar-refractivity contribution >= 4 is 29.2 Å². The summed E-state index contributed by atoms with van der Waals surface area (Å²) in [5.41, 5.74) is 2.35. The molecule has 0 bridgehead atoms. The lowest BCUT2D eigenvalue weighted by atomic mass is 10.1. The molecule has 0 aromatic heterocycles. The van der Waals surface area contributed by atoms with Gasteiger partial charge in [-0.15, -0.1) is 13.2 Å². The predicted octanol–water partition coefficient (Wildman–Crippen LogP) is 4.17. The molecule has 4 amide bonds. The molecule has 0 heterocycles. The second kappa shape index (κ2) is 13.0. The van der Waals surface area contributed by atoms with Crippen LogP contribution >= 0.6 is 0 Å². The molecule has 5 N–H and O–H groups in total. The molecular weight excluding hydrogens is 457 g/mol. The largest absolute Gasteiger partial charge is 0.573 e. The van der Waals surface area contributed by atoms with E-state index in [9.17, 15) is 27.6 Å². The monoisotopic (exact) mass is 482 g/mol. The van der Waals surface area contributed by atoms with Crippen LogP contribution in [0.1, 0.15) is 32.1 Å². The lowest BCUT2D eigenvalue weighted by Gasteiger charge is -2.17. The summed E-state index contributed by atoms with van der Waals surface area (Å²) >= 11 is 0. The normalized spacial score (nSPS) is 11.8. The van der Waals surface area contributed by atoms with E-state index < -0.39 is 30.1 Å². The lowest BCUT2D eigenvalue weighted by Crippen LogP contribution is -2.47. The smallest absolute Gasteiger partial charge is 0.406 e. The van der Waals surface area contributed by atoms with Crippen molar-refractivity contribution in [2.75, 3.05) is 10.6 Å². The Morgan fingerprint density at radius 2 is 1.53 bits per heavy atom. The fraction of sp³-hybridized carbons (Fsp3) is 0.318. The van der Waals surface area contributed by atoms with Crippen LogP contribution in [0.2, 0.25) is 0 Å². The number of hydroxylamine groups is 1. The van der Waals surface area contributed by atoms with Crippen LogP contribution in [-0.4, -0.2) is 35.5 Å². The Morgan fingerprint density at radius 3 is 2.15 bits per heavy atom. The molecule has 0 aliphatic rings. The average Bonchev–Trinajstić information content (AvgIpc) is 2.78. The van der Waals surface area contributed by atoms with E-state index in [4.69, 9.17) is 5.21 Å². The number of rotatable bonds is 11. The maximum absolute atomic E-state index is 12.2. The quantitative estimate of drug-likeness (QED) is 0.187. The van der Waals surface area contributed by atoms with Gasteiger partial charge in [-0.05, 0) is 49.2 Å². The Morgan fingerprint density at radius 1 is 0.882 bits per heavy atom. The molecule has 0 radical (unpaired) electrons. The van der Waals surface area contributed by atoms with Gasteiger partial charge in [-0.2, -0.15) is 0 Å². The van der Waals surface area contributed by atoms with Crippen LogP contribution < -0.4 is 26.2 Å². The number of halogens is 3. The Hall–Kier alpha value is -3.80. The Balaban J connectivity index is 1.74. The molecule has 1 atom stereocenters. The van der Waals surface area contributed by atoms with Gasteiger partial charge in [-0.25, -0.2) is 10.3 Å². The van der Waals surface area contributed by atoms with Gasteiger partial charge in [0.2, 0.25) is 5.91 Å². The van der Waals surface area contributed by atoms with Gasteiger partial charge < -0.3 is 20.7 Å². The van der Waals surface area contributed by atoms with Crippen LogP contribution in [0.3, 0.4) is 0 Å². The van der Waals surface area contributed by atoms with E-state index in [1.807, 2.05) is 18.2 Å². The van der Waals surface area contributed by atoms with E-state index in [0.29, 0.717) is 24.9 Å². The number of alkyl halides is 3. The van der Waals surface area contributed by atoms with Gasteiger partial charge in [0, 0.05) is 17.8 Å². The molecule has 0 saturated carbocycles. The molecule has 0 spiro atoms. The third-order valence-corrected chi connectivity index (χ3v) is 4.53. The van der Waals surface area contributed by atoms with Crippen LogP contribution in [0.4, 0.5) is 29.3 Å². The number of urea groups is 1. The van der Waals surface area contributed by atoms with E-state index in [-0.39, 0.29) is 24.4 Å². The number of hydrogen-bond donors (Lipinski definition) is 5. The molecule has 34 heavy (non-hydrogen) atoms. The molecule has 9 nitrogen and oxygen atoms in total. The van der Waals surface area contributed by atoms with Crippen LogP contribution in [0, 0.1) is 0 Å². The zero-order chi connectivity index (χ0) is 25.0. The summed E-state index contributed by atoms with van der Waals surface area (Å²) in [7, 11) is 0. The van der Waals surface area contributed by atoms with Gasteiger partial charge in [0.05, 0.1) is 0 Å². The number of unbranched alkanes of at least 4 members (excludes halogenated alkanes) is 2. The average molecular weight is 482 g/mol. The minimum absolute atomic E-state index is 0.139. The SMILES string of the molecule is O=C(CCCCC[C@H](NC(=O)Nc1ccc(OC(F)(F)F)cc1)C(=O)NO)Nc1ccccc1. The van der Waals surface area contributed by atoms with E-state index in [0.717, 1.165) is 12.1 Å². The number of carbonyl (C=O) groups is 3. The number of carbonyl (C=O) groups excluding carboxylic acids is 3. The van der Waals surface area contributed by atoms with E-state index in [1.165, 1.54) is 17.6 Å². The van der Waals surface area contributed by atoms with Crippen molar-refractivity contribution in [3.8, 4) is 5.75 Å². The minimum Gasteiger partial charge on any atom is -0.406 e. The van der Waals surface area contributed by atoms with Gasteiger partial charge >= 0.3 is 12.4 Å². The molecule has 0 saturated heterocycles. The summed E-state index contributed by atoms with van der Waals surface area (Å²) in [6.45, 7) is 0. The first-order valence-electron chi connectivity index (χ1n) is 10.4. The van der Waals surface area contributed by atoms with Crippen LogP contribution in [0.15, 0.2) is 54.6 Å². The highest BCUT2D eigenvalue weighted by Crippen LogP contribution is 2.24.